The van der Waals surface area contributed by atoms with E-state index in [2.05, 4.69) is 41.4 Å². The van der Waals surface area contributed by atoms with Crippen molar-refractivity contribution in [2.45, 2.75) is 26.2 Å². The van der Waals surface area contributed by atoms with Gasteiger partial charge in [-0.3, -0.25) is 4.79 Å². The van der Waals surface area contributed by atoms with Crippen LogP contribution in [-0.2, 0) is 11.2 Å². The zero-order chi connectivity index (χ0) is 22.8. The van der Waals surface area contributed by atoms with Crippen LogP contribution in [0.4, 0.5) is 5.13 Å². The lowest BCUT2D eigenvalue weighted by Crippen LogP contribution is -2.43. The summed E-state index contributed by atoms with van der Waals surface area (Å²) < 4.78 is 1.85. The summed E-state index contributed by atoms with van der Waals surface area (Å²) in [5, 5.41) is 9.52. The standard InChI is InChI=1S/C25H26ClN5OS/c1-17-4-8-19(9-5-17)22-16-31-24(28-22)33-25(29-31)30-14-2-3-20(15-30)23(32)27-13-12-18-6-10-21(26)11-7-18/h4-11,16,20H,2-3,12-15H2,1H3,(H,27,32)/t20-/m0/s1. The number of nitrogens with zero attached hydrogens (tertiary/aromatic N) is 4. The van der Waals surface area contributed by atoms with Gasteiger partial charge in [-0.25, -0.2) is 9.50 Å². The van der Waals surface area contributed by atoms with Gasteiger partial charge in [-0.15, -0.1) is 5.10 Å². The van der Waals surface area contributed by atoms with Crippen LogP contribution in [0.25, 0.3) is 16.2 Å². The lowest BCUT2D eigenvalue weighted by atomic mass is 9.97. The average Bonchev–Trinajstić information content (AvgIpc) is 3.41. The largest absolute Gasteiger partial charge is 0.355 e. The number of fused-ring (bicyclic) bond motifs is 1. The molecule has 0 unspecified atom stereocenters. The monoisotopic (exact) mass is 479 g/mol. The lowest BCUT2D eigenvalue weighted by Gasteiger charge is -2.31. The number of piperidine rings is 1. The minimum Gasteiger partial charge on any atom is -0.355 e. The van der Waals surface area contributed by atoms with Gasteiger partial charge in [0, 0.05) is 30.2 Å². The molecule has 6 nitrogen and oxygen atoms in total. The third-order valence-corrected chi connectivity index (χ3v) is 7.30. The molecule has 1 fully saturated rings. The highest BCUT2D eigenvalue weighted by molar-refractivity contribution is 7.20. The van der Waals surface area contributed by atoms with Gasteiger partial charge >= 0.3 is 0 Å². The Morgan fingerprint density at radius 3 is 2.73 bits per heavy atom. The molecule has 0 saturated carbocycles. The number of halogens is 1. The molecule has 0 spiro atoms. The van der Waals surface area contributed by atoms with E-state index in [-0.39, 0.29) is 11.8 Å². The van der Waals surface area contributed by atoms with E-state index in [1.807, 2.05) is 35.0 Å². The Hall–Kier alpha value is -2.90. The molecule has 33 heavy (non-hydrogen) atoms. The van der Waals surface area contributed by atoms with Gasteiger partial charge in [0.05, 0.1) is 17.8 Å². The molecule has 1 aliphatic rings. The molecule has 1 aliphatic heterocycles. The Bertz CT molecular complexity index is 1220. The molecular weight excluding hydrogens is 454 g/mol. The van der Waals surface area contributed by atoms with Gasteiger partial charge in [0.25, 0.3) is 0 Å². The first kappa shape index (κ1) is 21.9. The van der Waals surface area contributed by atoms with E-state index in [4.69, 9.17) is 21.7 Å². The summed E-state index contributed by atoms with van der Waals surface area (Å²) in [6.45, 7) is 4.31. The Kier molecular flexibility index (Phi) is 6.33. The van der Waals surface area contributed by atoms with Crippen LogP contribution < -0.4 is 10.2 Å². The molecule has 2 aromatic carbocycles. The van der Waals surface area contributed by atoms with Gasteiger partial charge in [0.2, 0.25) is 16.0 Å². The van der Waals surface area contributed by atoms with Gasteiger partial charge in [0.1, 0.15) is 0 Å². The van der Waals surface area contributed by atoms with Gasteiger partial charge in [0.15, 0.2) is 0 Å². The number of hydrogen-bond donors (Lipinski definition) is 1. The topological polar surface area (TPSA) is 62.5 Å². The first-order chi connectivity index (χ1) is 16.0. The average molecular weight is 480 g/mol. The van der Waals surface area contributed by atoms with Crippen LogP contribution in [0.5, 0.6) is 0 Å². The molecular formula is C25H26ClN5OS. The summed E-state index contributed by atoms with van der Waals surface area (Å²) in [7, 11) is 0. The van der Waals surface area contributed by atoms with Crippen LogP contribution in [-0.4, -0.2) is 40.1 Å². The van der Waals surface area contributed by atoms with Crippen LogP contribution in [0.15, 0.2) is 54.7 Å². The predicted octanol–water partition coefficient (Wildman–Crippen LogP) is 4.99. The van der Waals surface area contributed by atoms with Crippen molar-refractivity contribution in [2.75, 3.05) is 24.5 Å². The van der Waals surface area contributed by atoms with Crippen molar-refractivity contribution in [3.8, 4) is 11.3 Å². The number of carbonyl (C=O) groups is 1. The SMILES string of the molecule is Cc1ccc(-c2cn3nc(N4CCC[C@H](C(=O)NCCc5ccc(Cl)cc5)C4)sc3n2)cc1. The maximum absolute atomic E-state index is 12.8. The summed E-state index contributed by atoms with van der Waals surface area (Å²) >= 11 is 7.51. The number of nitrogens with one attached hydrogen (secondary N) is 1. The van der Waals surface area contributed by atoms with Crippen LogP contribution in [0.2, 0.25) is 5.02 Å². The molecule has 0 bridgehead atoms. The fraction of sp³-hybridized carbons (Fsp3) is 0.320. The van der Waals surface area contributed by atoms with Crippen LogP contribution in [0.1, 0.15) is 24.0 Å². The van der Waals surface area contributed by atoms with Crippen molar-refractivity contribution in [2.24, 2.45) is 5.92 Å². The molecule has 5 rings (SSSR count). The van der Waals surface area contributed by atoms with Crippen LogP contribution >= 0.6 is 22.9 Å². The summed E-state index contributed by atoms with van der Waals surface area (Å²) in [6.07, 6.45) is 4.66. The molecule has 0 aliphatic carbocycles. The molecule has 1 amide bonds. The first-order valence-electron chi connectivity index (χ1n) is 11.3. The van der Waals surface area contributed by atoms with E-state index in [1.165, 1.54) is 11.1 Å². The van der Waals surface area contributed by atoms with Crippen molar-refractivity contribution in [3.05, 3.63) is 70.9 Å². The second kappa shape index (κ2) is 9.53. The highest BCUT2D eigenvalue weighted by atomic mass is 35.5. The second-order valence-electron chi connectivity index (χ2n) is 8.56. The normalized spacial score (nSPS) is 16.3. The van der Waals surface area contributed by atoms with E-state index >= 15 is 0 Å². The maximum atomic E-state index is 12.8. The third-order valence-electron chi connectivity index (χ3n) is 6.07. The van der Waals surface area contributed by atoms with Gasteiger partial charge < -0.3 is 10.2 Å². The summed E-state index contributed by atoms with van der Waals surface area (Å²) in [5.41, 5.74) is 4.42. The summed E-state index contributed by atoms with van der Waals surface area (Å²) in [4.78, 5) is 20.6. The molecule has 1 atom stereocenters. The van der Waals surface area contributed by atoms with Crippen molar-refractivity contribution in [1.82, 2.24) is 19.9 Å². The molecule has 4 aromatic rings. The predicted molar refractivity (Wildman–Crippen MR) is 134 cm³/mol. The molecule has 1 saturated heterocycles. The minimum absolute atomic E-state index is 0.0247. The Morgan fingerprint density at radius 2 is 1.97 bits per heavy atom. The first-order valence-corrected chi connectivity index (χ1v) is 12.4. The van der Waals surface area contributed by atoms with Crippen LogP contribution in [0, 0.1) is 12.8 Å². The fourth-order valence-corrected chi connectivity index (χ4v) is 5.22. The Labute approximate surface area is 202 Å². The summed E-state index contributed by atoms with van der Waals surface area (Å²) in [6, 6.07) is 16.1. The highest BCUT2D eigenvalue weighted by Crippen LogP contribution is 2.30. The molecule has 2 aromatic heterocycles. The zero-order valence-corrected chi connectivity index (χ0v) is 20.1. The van der Waals surface area contributed by atoms with E-state index in [0.717, 1.165) is 52.2 Å². The van der Waals surface area contributed by atoms with Crippen molar-refractivity contribution in [3.63, 3.8) is 0 Å². The highest BCUT2D eigenvalue weighted by Gasteiger charge is 2.27. The number of hydrogen-bond acceptors (Lipinski definition) is 5. The van der Waals surface area contributed by atoms with Crippen molar-refractivity contribution in [1.29, 1.82) is 0 Å². The second-order valence-corrected chi connectivity index (χ2v) is 9.93. The third kappa shape index (κ3) is 5.04. The number of carbonyl (C=O) groups excluding carboxylic acids is 1. The van der Waals surface area contributed by atoms with E-state index in [1.54, 1.807) is 11.3 Å². The number of amides is 1. The number of benzene rings is 2. The number of aryl methyl sites for hydroxylation is 1. The maximum Gasteiger partial charge on any atom is 0.224 e. The van der Waals surface area contributed by atoms with Crippen molar-refractivity contribution < 1.29 is 4.79 Å². The Balaban J connectivity index is 1.20. The molecule has 3 heterocycles. The molecule has 170 valence electrons. The van der Waals surface area contributed by atoms with Gasteiger partial charge in [-0.1, -0.05) is 64.9 Å². The van der Waals surface area contributed by atoms with Gasteiger partial charge in [-0.05, 0) is 43.9 Å². The van der Waals surface area contributed by atoms with Crippen molar-refractivity contribution >= 4 is 38.9 Å². The van der Waals surface area contributed by atoms with Gasteiger partial charge in [-0.2, -0.15) is 0 Å². The fourth-order valence-electron chi connectivity index (χ4n) is 4.17. The Morgan fingerprint density at radius 1 is 1.18 bits per heavy atom. The number of rotatable bonds is 6. The molecule has 8 heteroatoms. The molecule has 1 N–H and O–H groups in total. The summed E-state index contributed by atoms with van der Waals surface area (Å²) in [5.74, 6) is 0.0972. The lowest BCUT2D eigenvalue weighted by molar-refractivity contribution is -0.125. The van der Waals surface area contributed by atoms with E-state index in [9.17, 15) is 4.79 Å². The molecule has 0 radical (unpaired) electrons. The minimum atomic E-state index is -0.0247. The zero-order valence-electron chi connectivity index (χ0n) is 18.5. The quantitative estimate of drug-likeness (QED) is 0.423. The number of aromatic nitrogens is 3. The van der Waals surface area contributed by atoms with Crippen LogP contribution in [0.3, 0.4) is 0 Å². The smallest absolute Gasteiger partial charge is 0.224 e. The number of imidazole rings is 1. The van der Waals surface area contributed by atoms with E-state index < -0.39 is 0 Å². The van der Waals surface area contributed by atoms with E-state index in [0.29, 0.717) is 13.1 Å². The number of anilines is 1.